The van der Waals surface area contributed by atoms with E-state index in [1.165, 1.54) is 30.4 Å². The van der Waals surface area contributed by atoms with E-state index in [-0.39, 0.29) is 0 Å². The van der Waals surface area contributed by atoms with Crippen LogP contribution in [0.2, 0.25) is 5.02 Å². The van der Waals surface area contributed by atoms with Crippen LogP contribution in [-0.4, -0.2) is 12.6 Å². The number of hydrogen-bond acceptors (Lipinski definition) is 2. The molecule has 1 fully saturated rings. The molecule has 2 atom stereocenters. The fraction of sp³-hybridized carbons (Fsp3) is 0.600. The summed E-state index contributed by atoms with van der Waals surface area (Å²) < 4.78 is 5.71. The summed E-state index contributed by atoms with van der Waals surface area (Å²) >= 11 is 6.15. The Morgan fingerprint density at radius 3 is 3.17 bits per heavy atom. The predicted octanol–water partition coefficient (Wildman–Crippen LogP) is 3.55. The molecule has 1 aromatic rings. The van der Waals surface area contributed by atoms with Crippen LogP contribution >= 0.6 is 11.6 Å². The summed E-state index contributed by atoms with van der Waals surface area (Å²) in [5.74, 6) is 1.96. The molecule has 1 aromatic carbocycles. The van der Waals surface area contributed by atoms with Gasteiger partial charge >= 0.3 is 0 Å². The van der Waals surface area contributed by atoms with Gasteiger partial charge < -0.3 is 10.1 Å². The van der Waals surface area contributed by atoms with Gasteiger partial charge in [0.15, 0.2) is 0 Å². The van der Waals surface area contributed by atoms with Crippen LogP contribution in [-0.2, 0) is 13.0 Å². The molecule has 18 heavy (non-hydrogen) atoms. The highest BCUT2D eigenvalue weighted by Crippen LogP contribution is 2.36. The molecule has 3 rings (SSSR count). The van der Waals surface area contributed by atoms with Gasteiger partial charge in [0.25, 0.3) is 0 Å². The van der Waals surface area contributed by atoms with Crippen molar-refractivity contribution in [3.8, 4) is 5.75 Å². The second kappa shape index (κ2) is 5.10. The summed E-state index contributed by atoms with van der Waals surface area (Å²) in [6.07, 6.45) is 4.96. The van der Waals surface area contributed by atoms with E-state index < -0.39 is 0 Å². The van der Waals surface area contributed by atoms with Crippen molar-refractivity contribution in [1.82, 2.24) is 5.32 Å². The molecule has 1 N–H and O–H groups in total. The van der Waals surface area contributed by atoms with E-state index in [1.807, 2.05) is 12.1 Å². The second-order valence-corrected chi connectivity index (χ2v) is 5.86. The van der Waals surface area contributed by atoms with Gasteiger partial charge in [-0.25, -0.2) is 0 Å². The molecule has 2 nitrogen and oxygen atoms in total. The second-order valence-electron chi connectivity index (χ2n) is 5.42. The Kier molecular flexibility index (Phi) is 3.49. The Labute approximate surface area is 114 Å². The molecule has 1 saturated carbocycles. The van der Waals surface area contributed by atoms with Crippen LogP contribution in [0.5, 0.6) is 5.75 Å². The summed E-state index contributed by atoms with van der Waals surface area (Å²) in [6.45, 7) is 3.94. The van der Waals surface area contributed by atoms with Gasteiger partial charge in [0.1, 0.15) is 5.75 Å². The summed E-state index contributed by atoms with van der Waals surface area (Å²) in [4.78, 5) is 0. The molecule has 1 aliphatic heterocycles. The zero-order valence-electron chi connectivity index (χ0n) is 10.8. The summed E-state index contributed by atoms with van der Waals surface area (Å²) in [5, 5.41) is 4.46. The van der Waals surface area contributed by atoms with E-state index in [2.05, 4.69) is 12.2 Å². The van der Waals surface area contributed by atoms with Crippen LogP contribution in [0.3, 0.4) is 0 Å². The van der Waals surface area contributed by atoms with Gasteiger partial charge in [0.2, 0.25) is 0 Å². The summed E-state index contributed by atoms with van der Waals surface area (Å²) in [6, 6.07) is 4.78. The molecular weight excluding hydrogens is 246 g/mol. The Bertz CT molecular complexity index is 446. The first-order valence-electron chi connectivity index (χ1n) is 6.95. The maximum atomic E-state index is 6.15. The van der Waals surface area contributed by atoms with Gasteiger partial charge in [0, 0.05) is 29.6 Å². The van der Waals surface area contributed by atoms with Gasteiger partial charge in [-0.15, -0.1) is 0 Å². The number of ether oxygens (including phenoxy) is 1. The Balaban J connectivity index is 1.63. The van der Waals surface area contributed by atoms with E-state index in [1.54, 1.807) is 0 Å². The van der Waals surface area contributed by atoms with Crippen LogP contribution in [0, 0.1) is 5.92 Å². The molecule has 0 amide bonds. The number of hydrogen-bond donors (Lipinski definition) is 1. The average Bonchev–Trinajstić information content (AvgIpc) is 2.90. The minimum Gasteiger partial charge on any atom is -0.493 e. The quantitative estimate of drug-likeness (QED) is 0.879. The zero-order chi connectivity index (χ0) is 12.5. The Hall–Kier alpha value is -0.730. The van der Waals surface area contributed by atoms with Crippen LogP contribution in [0.25, 0.3) is 0 Å². The average molecular weight is 266 g/mol. The van der Waals surface area contributed by atoms with Crippen molar-refractivity contribution in [3.05, 3.63) is 28.3 Å². The first-order valence-corrected chi connectivity index (χ1v) is 7.33. The first kappa shape index (κ1) is 12.3. The van der Waals surface area contributed by atoms with E-state index in [0.29, 0.717) is 6.04 Å². The Morgan fingerprint density at radius 1 is 1.44 bits per heavy atom. The molecule has 1 aliphatic carbocycles. The highest BCUT2D eigenvalue weighted by atomic mass is 35.5. The smallest absolute Gasteiger partial charge is 0.127 e. The number of nitrogens with one attached hydrogen (secondary N) is 1. The van der Waals surface area contributed by atoms with Crippen molar-refractivity contribution >= 4 is 11.6 Å². The molecular formula is C15H20ClNO. The lowest BCUT2D eigenvalue weighted by atomic mass is 10.1. The molecule has 1 heterocycles. The van der Waals surface area contributed by atoms with Gasteiger partial charge in [-0.2, -0.15) is 0 Å². The molecule has 0 aromatic heterocycles. The molecule has 0 saturated heterocycles. The van der Waals surface area contributed by atoms with Crippen molar-refractivity contribution in [2.24, 2.45) is 5.92 Å². The molecule has 98 valence electrons. The third kappa shape index (κ3) is 2.50. The number of benzene rings is 1. The molecule has 0 radical (unpaired) electrons. The third-order valence-corrected chi connectivity index (χ3v) is 4.18. The minimum absolute atomic E-state index is 0.709. The van der Waals surface area contributed by atoms with Crippen molar-refractivity contribution in [2.45, 2.75) is 45.2 Å². The van der Waals surface area contributed by atoms with Gasteiger partial charge in [-0.3, -0.25) is 0 Å². The van der Waals surface area contributed by atoms with Crippen LogP contribution in [0.4, 0.5) is 0 Å². The van der Waals surface area contributed by atoms with Gasteiger partial charge in [-0.1, -0.05) is 24.9 Å². The number of fused-ring (bicyclic) bond motifs is 1. The number of halogens is 1. The SMILES string of the molecule is CCCC1CC1NCc1cc(Cl)cc2c1OCC2. The maximum Gasteiger partial charge on any atom is 0.127 e. The topological polar surface area (TPSA) is 21.3 Å². The van der Waals surface area contributed by atoms with E-state index in [4.69, 9.17) is 16.3 Å². The molecule has 2 aliphatic rings. The lowest BCUT2D eigenvalue weighted by molar-refractivity contribution is 0.352. The van der Waals surface area contributed by atoms with E-state index in [9.17, 15) is 0 Å². The fourth-order valence-corrected chi connectivity index (χ4v) is 3.17. The molecule has 0 bridgehead atoms. The fourth-order valence-electron chi connectivity index (χ4n) is 2.91. The largest absolute Gasteiger partial charge is 0.493 e. The van der Waals surface area contributed by atoms with Crippen molar-refractivity contribution < 1.29 is 4.74 Å². The standard InChI is InChI=1S/C15H20ClNO/c1-2-3-10-8-14(10)17-9-12-7-13(16)6-11-4-5-18-15(11)12/h6-7,10,14,17H,2-5,8-9H2,1H3. The van der Waals surface area contributed by atoms with Crippen molar-refractivity contribution in [2.75, 3.05) is 6.61 Å². The van der Waals surface area contributed by atoms with Crippen LogP contribution < -0.4 is 10.1 Å². The lowest BCUT2D eigenvalue weighted by Crippen LogP contribution is -2.18. The minimum atomic E-state index is 0.709. The first-order chi connectivity index (χ1) is 8.78. The van der Waals surface area contributed by atoms with Crippen LogP contribution in [0.15, 0.2) is 12.1 Å². The van der Waals surface area contributed by atoms with Gasteiger partial charge in [0.05, 0.1) is 6.61 Å². The highest BCUT2D eigenvalue weighted by molar-refractivity contribution is 6.30. The van der Waals surface area contributed by atoms with E-state index in [0.717, 1.165) is 36.3 Å². The monoisotopic (exact) mass is 265 g/mol. The van der Waals surface area contributed by atoms with Crippen LogP contribution in [0.1, 0.15) is 37.3 Å². The maximum absolute atomic E-state index is 6.15. The highest BCUT2D eigenvalue weighted by Gasteiger charge is 2.35. The molecule has 0 spiro atoms. The number of rotatable bonds is 5. The van der Waals surface area contributed by atoms with Gasteiger partial charge in [-0.05, 0) is 36.5 Å². The third-order valence-electron chi connectivity index (χ3n) is 3.96. The summed E-state index contributed by atoms with van der Waals surface area (Å²) in [7, 11) is 0. The van der Waals surface area contributed by atoms with Crippen molar-refractivity contribution in [3.63, 3.8) is 0 Å². The molecule has 2 unspecified atom stereocenters. The Morgan fingerprint density at radius 2 is 2.33 bits per heavy atom. The van der Waals surface area contributed by atoms with Crippen molar-refractivity contribution in [1.29, 1.82) is 0 Å². The zero-order valence-corrected chi connectivity index (χ0v) is 11.6. The lowest BCUT2D eigenvalue weighted by Gasteiger charge is -2.10. The normalized spacial score (nSPS) is 24.8. The predicted molar refractivity (Wildman–Crippen MR) is 74.3 cm³/mol. The van der Waals surface area contributed by atoms with E-state index >= 15 is 0 Å². The molecule has 3 heteroatoms. The summed E-state index contributed by atoms with van der Waals surface area (Å²) in [5.41, 5.74) is 2.48.